The smallest absolute Gasteiger partial charge is 0.270 e. The first kappa shape index (κ1) is 26.8. The summed E-state index contributed by atoms with van der Waals surface area (Å²) in [6, 6.07) is 14.8. The Hall–Kier alpha value is -6.44. The van der Waals surface area contributed by atoms with Gasteiger partial charge in [0.15, 0.2) is 0 Å². The summed E-state index contributed by atoms with van der Waals surface area (Å²) in [5.74, 6) is -4.07. The van der Waals surface area contributed by atoms with Crippen LogP contribution in [0.5, 0.6) is 11.5 Å². The number of phenolic OH excluding ortho intramolecular Hbond substituents is 2. The maximum Gasteiger partial charge on any atom is 0.270 e. The summed E-state index contributed by atoms with van der Waals surface area (Å²) in [5, 5.41) is 43.4. The monoisotopic (exact) mass is 580 g/mol. The molecule has 0 aromatic heterocycles. The largest absolute Gasteiger partial charge is 0.506 e. The van der Waals surface area contributed by atoms with Crippen molar-refractivity contribution in [3.8, 4) is 11.5 Å². The van der Waals surface area contributed by atoms with Crippen molar-refractivity contribution < 1.29 is 39.2 Å². The topological polar surface area (TPSA) is 202 Å². The molecule has 0 radical (unpaired) electrons. The van der Waals surface area contributed by atoms with E-state index in [-0.39, 0.29) is 51.4 Å². The molecule has 212 valence electrons. The molecule has 0 bridgehead atoms. The minimum atomic E-state index is -0.853. The fourth-order valence-corrected chi connectivity index (χ4v) is 5.07. The number of imide groups is 2. The molecule has 2 heterocycles. The Labute approximate surface area is 239 Å². The number of nitro benzene ring substituents is 2. The molecule has 43 heavy (non-hydrogen) atoms. The number of hydrogen-bond donors (Lipinski definition) is 2. The molecule has 0 atom stereocenters. The first-order valence-electron chi connectivity index (χ1n) is 12.4. The van der Waals surface area contributed by atoms with E-state index in [1.165, 1.54) is 48.5 Å². The number of nitro groups is 2. The maximum absolute atomic E-state index is 13.1. The Morgan fingerprint density at radius 1 is 0.535 bits per heavy atom. The third-order valence-corrected chi connectivity index (χ3v) is 7.13. The van der Waals surface area contributed by atoms with Crippen LogP contribution in [0.15, 0.2) is 72.8 Å². The number of phenols is 2. The van der Waals surface area contributed by atoms with E-state index in [4.69, 9.17) is 0 Å². The fraction of sp³-hybridized carbons (Fsp3) is 0.0345. The van der Waals surface area contributed by atoms with Crippen LogP contribution in [-0.4, -0.2) is 43.7 Å². The number of rotatable bonds is 6. The number of carbonyl (C=O) groups excluding carboxylic acids is 4. The summed E-state index contributed by atoms with van der Waals surface area (Å²) in [5.41, 5.74) is -0.602. The Bertz CT molecular complexity index is 1850. The van der Waals surface area contributed by atoms with Gasteiger partial charge < -0.3 is 10.2 Å². The van der Waals surface area contributed by atoms with Gasteiger partial charge in [0, 0.05) is 24.3 Å². The lowest BCUT2D eigenvalue weighted by Crippen LogP contribution is -2.29. The Balaban J connectivity index is 1.31. The molecule has 0 saturated heterocycles. The molecule has 4 aromatic carbocycles. The highest BCUT2D eigenvalue weighted by molar-refractivity contribution is 6.35. The van der Waals surface area contributed by atoms with Crippen molar-refractivity contribution in [1.82, 2.24) is 0 Å². The highest BCUT2D eigenvalue weighted by Gasteiger charge is 2.40. The van der Waals surface area contributed by atoms with Crippen LogP contribution in [0.2, 0.25) is 0 Å². The summed E-state index contributed by atoms with van der Waals surface area (Å²) in [6.45, 7) is 0. The maximum atomic E-state index is 13.1. The van der Waals surface area contributed by atoms with E-state index in [9.17, 15) is 49.6 Å². The number of aromatic hydroxyl groups is 2. The first-order chi connectivity index (χ1) is 20.5. The first-order valence-corrected chi connectivity index (χ1v) is 12.4. The Morgan fingerprint density at radius 3 is 1.28 bits per heavy atom. The van der Waals surface area contributed by atoms with Gasteiger partial charge in [0.2, 0.25) is 0 Å². The van der Waals surface area contributed by atoms with Crippen LogP contribution in [0.1, 0.15) is 52.6 Å². The average Bonchev–Trinajstić information content (AvgIpc) is 3.38. The molecule has 4 aromatic rings. The third-order valence-electron chi connectivity index (χ3n) is 7.13. The predicted molar refractivity (Wildman–Crippen MR) is 147 cm³/mol. The highest BCUT2D eigenvalue weighted by atomic mass is 16.6. The van der Waals surface area contributed by atoms with Crippen LogP contribution in [0, 0.1) is 20.2 Å². The summed E-state index contributed by atoms with van der Waals surface area (Å²) in [6.07, 6.45) is 0.0871. The minimum Gasteiger partial charge on any atom is -0.506 e. The van der Waals surface area contributed by atoms with Gasteiger partial charge in [0.1, 0.15) is 11.5 Å². The van der Waals surface area contributed by atoms with Gasteiger partial charge in [-0.1, -0.05) is 12.1 Å². The molecule has 0 aliphatic carbocycles. The number of non-ortho nitro benzene ring substituents is 2. The lowest BCUT2D eigenvalue weighted by molar-refractivity contribution is -0.385. The van der Waals surface area contributed by atoms with Crippen molar-refractivity contribution in [3.63, 3.8) is 0 Å². The SMILES string of the molecule is O=C1c2ccc([N+](=O)[O-])cc2C(=O)N1c1cc(Cc2ccc(O)c(N3C(=O)c4ccc([N+](=O)[O-])cc4C3=O)c2)ccc1O. The average molecular weight is 580 g/mol. The second-order valence-electron chi connectivity index (χ2n) is 9.69. The molecule has 14 heteroatoms. The molecule has 2 aliphatic heterocycles. The van der Waals surface area contributed by atoms with Gasteiger partial charge in [-0.05, 0) is 53.9 Å². The zero-order valence-electron chi connectivity index (χ0n) is 21.6. The van der Waals surface area contributed by atoms with E-state index < -0.39 is 45.0 Å². The number of benzene rings is 4. The number of amides is 4. The quantitative estimate of drug-likeness (QED) is 0.190. The molecule has 2 aliphatic rings. The standard InChI is InChI=1S/C29H16N4O10/c34-24-7-1-14(10-22(24)30-26(36)18-5-3-16(32(40)41)12-20(18)28(30)38)9-15-2-8-25(35)23(11-15)31-27(37)19-6-4-17(33(42)43)13-21(19)29(31)39/h1-8,10-13,34-35H,9H2. The zero-order chi connectivity index (χ0) is 30.7. The van der Waals surface area contributed by atoms with Gasteiger partial charge in [-0.3, -0.25) is 39.4 Å². The molecule has 2 N–H and O–H groups in total. The van der Waals surface area contributed by atoms with Crippen molar-refractivity contribution >= 4 is 46.4 Å². The van der Waals surface area contributed by atoms with Crippen LogP contribution < -0.4 is 9.80 Å². The number of hydrogen-bond acceptors (Lipinski definition) is 10. The molecule has 0 spiro atoms. The Kier molecular flexibility index (Phi) is 5.97. The lowest BCUT2D eigenvalue weighted by atomic mass is 10.0. The summed E-state index contributed by atoms with van der Waals surface area (Å²) in [4.78, 5) is 74.6. The molecule has 0 unspecified atom stereocenters. The van der Waals surface area contributed by atoms with Gasteiger partial charge in [-0.25, -0.2) is 9.80 Å². The van der Waals surface area contributed by atoms with Crippen molar-refractivity contribution in [2.75, 3.05) is 9.80 Å². The molecular formula is C29H16N4O10. The van der Waals surface area contributed by atoms with E-state index >= 15 is 0 Å². The van der Waals surface area contributed by atoms with E-state index in [0.29, 0.717) is 20.9 Å². The van der Waals surface area contributed by atoms with E-state index in [0.717, 1.165) is 24.3 Å². The number of fused-ring (bicyclic) bond motifs is 2. The van der Waals surface area contributed by atoms with Gasteiger partial charge >= 0.3 is 0 Å². The molecule has 14 nitrogen and oxygen atoms in total. The molecule has 0 fully saturated rings. The number of anilines is 2. The van der Waals surface area contributed by atoms with Crippen LogP contribution >= 0.6 is 0 Å². The number of carbonyl (C=O) groups is 4. The summed E-state index contributed by atoms with van der Waals surface area (Å²) in [7, 11) is 0. The minimum absolute atomic E-state index is 0.0603. The highest BCUT2D eigenvalue weighted by Crippen LogP contribution is 2.39. The zero-order valence-corrected chi connectivity index (χ0v) is 21.6. The van der Waals surface area contributed by atoms with Gasteiger partial charge in [-0.2, -0.15) is 0 Å². The van der Waals surface area contributed by atoms with Crippen LogP contribution in [0.4, 0.5) is 22.7 Å². The van der Waals surface area contributed by atoms with E-state index in [2.05, 4.69) is 0 Å². The molecule has 0 saturated carbocycles. The van der Waals surface area contributed by atoms with Crippen molar-refractivity contribution in [2.45, 2.75) is 6.42 Å². The van der Waals surface area contributed by atoms with Crippen molar-refractivity contribution in [3.05, 3.63) is 126 Å². The molecular weight excluding hydrogens is 564 g/mol. The van der Waals surface area contributed by atoms with Gasteiger partial charge in [0.25, 0.3) is 35.0 Å². The van der Waals surface area contributed by atoms with E-state index in [1.54, 1.807) is 0 Å². The second kappa shape index (κ2) is 9.59. The second-order valence-corrected chi connectivity index (χ2v) is 9.69. The van der Waals surface area contributed by atoms with Gasteiger partial charge in [0.05, 0.1) is 43.5 Å². The van der Waals surface area contributed by atoms with Gasteiger partial charge in [-0.15, -0.1) is 0 Å². The number of nitrogens with zero attached hydrogens (tertiary/aromatic N) is 4. The normalized spacial score (nSPS) is 13.9. The Morgan fingerprint density at radius 2 is 0.907 bits per heavy atom. The van der Waals surface area contributed by atoms with Crippen molar-refractivity contribution in [2.24, 2.45) is 0 Å². The fourth-order valence-electron chi connectivity index (χ4n) is 5.07. The molecule has 4 amide bonds. The lowest BCUT2D eigenvalue weighted by Gasteiger charge is -2.18. The van der Waals surface area contributed by atoms with Crippen LogP contribution in [-0.2, 0) is 6.42 Å². The van der Waals surface area contributed by atoms with E-state index in [1.807, 2.05) is 0 Å². The van der Waals surface area contributed by atoms with Crippen LogP contribution in [0.25, 0.3) is 0 Å². The predicted octanol–water partition coefficient (Wildman–Crippen LogP) is 4.11. The summed E-state index contributed by atoms with van der Waals surface area (Å²) >= 11 is 0. The van der Waals surface area contributed by atoms with Crippen LogP contribution in [0.3, 0.4) is 0 Å². The van der Waals surface area contributed by atoms with Crippen molar-refractivity contribution in [1.29, 1.82) is 0 Å². The third kappa shape index (κ3) is 4.21. The molecule has 6 rings (SSSR count). The summed E-state index contributed by atoms with van der Waals surface area (Å²) < 4.78 is 0.